The van der Waals surface area contributed by atoms with Gasteiger partial charge in [-0.3, -0.25) is 0 Å². The highest BCUT2D eigenvalue weighted by molar-refractivity contribution is 4.97. The highest BCUT2D eigenvalue weighted by atomic mass is 16.7. The molecule has 2 heterocycles. The van der Waals surface area contributed by atoms with Crippen LogP contribution in [0.4, 0.5) is 0 Å². The first-order valence-electron chi connectivity index (χ1n) is 10.3. The molecule has 13 nitrogen and oxygen atoms in total. The molecule has 2 saturated heterocycles. The van der Waals surface area contributed by atoms with Crippen LogP contribution in [0.5, 0.6) is 0 Å². The fourth-order valence-electron chi connectivity index (χ4n) is 4.32. The van der Waals surface area contributed by atoms with Gasteiger partial charge in [0.2, 0.25) is 0 Å². The van der Waals surface area contributed by atoms with Crippen LogP contribution in [-0.2, 0) is 18.9 Å². The molecule has 0 aromatic carbocycles. The molecular weight excluding hydrogens is 422 g/mol. The summed E-state index contributed by atoms with van der Waals surface area (Å²) in [6, 6.07) is -0.533. The Hall–Kier alpha value is -0.520. The third-order valence-corrected chi connectivity index (χ3v) is 6.29. The van der Waals surface area contributed by atoms with Crippen molar-refractivity contribution in [3.05, 3.63) is 0 Å². The Balaban J connectivity index is 1.69. The van der Waals surface area contributed by atoms with E-state index in [1.165, 1.54) is 6.92 Å². The third-order valence-electron chi connectivity index (χ3n) is 6.29. The largest absolute Gasteiger partial charge is 0.396 e. The number of hydrogen-bond donors (Lipinski definition) is 9. The minimum absolute atomic E-state index is 0.166. The lowest BCUT2D eigenvalue weighted by Crippen LogP contribution is -2.64. The lowest BCUT2D eigenvalue weighted by Gasteiger charge is -2.46. The minimum atomic E-state index is -1.69. The van der Waals surface area contributed by atoms with Gasteiger partial charge in [0.05, 0.1) is 24.9 Å². The maximum absolute atomic E-state index is 10.6. The molecule has 10 N–H and O–H groups in total. The molecule has 0 aromatic rings. The molecule has 0 radical (unpaired) electrons. The van der Waals surface area contributed by atoms with Gasteiger partial charge < -0.3 is 65.5 Å². The lowest BCUT2D eigenvalue weighted by atomic mass is 9.97. The molecule has 1 aliphatic carbocycles. The van der Waals surface area contributed by atoms with Crippen LogP contribution in [-0.4, -0.2) is 134 Å². The van der Waals surface area contributed by atoms with Crippen LogP contribution in [0.3, 0.4) is 0 Å². The second-order valence-electron chi connectivity index (χ2n) is 8.40. The topological polar surface area (TPSA) is 225 Å². The normalized spacial score (nSPS) is 53.6. The Morgan fingerprint density at radius 2 is 1.35 bits per heavy atom. The molecule has 0 aromatic heterocycles. The number of aliphatic hydroxyl groups is 8. The van der Waals surface area contributed by atoms with Crippen LogP contribution in [0.1, 0.15) is 13.3 Å². The van der Waals surface area contributed by atoms with E-state index >= 15 is 0 Å². The Bertz CT molecular complexity index is 584. The van der Waals surface area contributed by atoms with Crippen molar-refractivity contribution in [2.45, 2.75) is 93.0 Å². The number of rotatable bonds is 6. The van der Waals surface area contributed by atoms with Crippen LogP contribution in [0.2, 0.25) is 0 Å². The quantitative estimate of drug-likeness (QED) is 0.183. The Kier molecular flexibility index (Phi) is 8.24. The van der Waals surface area contributed by atoms with E-state index in [1.54, 1.807) is 0 Å². The maximum atomic E-state index is 10.6. The monoisotopic (exact) mass is 455 g/mol. The van der Waals surface area contributed by atoms with E-state index in [-0.39, 0.29) is 13.0 Å². The van der Waals surface area contributed by atoms with Crippen LogP contribution in [0.25, 0.3) is 0 Å². The molecular formula is C18H33NO12. The molecule has 2 aliphatic heterocycles. The van der Waals surface area contributed by atoms with Gasteiger partial charge in [-0.1, -0.05) is 0 Å². The van der Waals surface area contributed by atoms with E-state index < -0.39 is 92.2 Å². The Morgan fingerprint density at radius 3 is 1.97 bits per heavy atom. The summed E-state index contributed by atoms with van der Waals surface area (Å²) in [6.07, 6.45) is -16.3. The number of hydrogen-bond acceptors (Lipinski definition) is 13. The summed E-state index contributed by atoms with van der Waals surface area (Å²) >= 11 is 0. The summed E-state index contributed by atoms with van der Waals surface area (Å²) in [5.74, 6) is -0.621. The van der Waals surface area contributed by atoms with E-state index in [4.69, 9.17) is 24.7 Å². The molecule has 1 saturated carbocycles. The molecule has 3 aliphatic rings. The second-order valence-corrected chi connectivity index (χ2v) is 8.40. The van der Waals surface area contributed by atoms with Gasteiger partial charge in [0.1, 0.15) is 42.7 Å². The molecule has 14 atom stereocenters. The van der Waals surface area contributed by atoms with Crippen molar-refractivity contribution in [1.29, 1.82) is 0 Å². The van der Waals surface area contributed by atoms with Gasteiger partial charge >= 0.3 is 0 Å². The number of nitrogens with two attached hydrogens (primary N) is 1. The predicted octanol–water partition coefficient (Wildman–Crippen LogP) is -5.28. The van der Waals surface area contributed by atoms with Crippen molar-refractivity contribution >= 4 is 0 Å². The molecule has 31 heavy (non-hydrogen) atoms. The fourth-order valence-corrected chi connectivity index (χ4v) is 4.32. The van der Waals surface area contributed by atoms with Gasteiger partial charge in [-0.05, 0) is 13.3 Å². The zero-order chi connectivity index (χ0) is 23.0. The van der Waals surface area contributed by atoms with Crippen LogP contribution >= 0.6 is 0 Å². The summed E-state index contributed by atoms with van der Waals surface area (Å²) in [4.78, 5) is 0. The average molecular weight is 455 g/mol. The SMILES string of the molecule is C[C@H]1O[C@@H](O[C@H]2[C@H](O)[C@@H](O)[C@@H](O[C@@H]3[C@@H](CO)[C@@H](N)C[C@H]3O)O[C@@H]2CO)[C@H](O)[C@@H](O)[C@@H]1O. The van der Waals surface area contributed by atoms with Crippen molar-refractivity contribution in [2.24, 2.45) is 11.7 Å². The lowest BCUT2D eigenvalue weighted by molar-refractivity contribution is -0.362. The average Bonchev–Trinajstić information content (AvgIpc) is 3.01. The molecule has 13 heteroatoms. The van der Waals surface area contributed by atoms with E-state index in [0.717, 1.165) is 0 Å². The molecule has 0 amide bonds. The zero-order valence-electron chi connectivity index (χ0n) is 17.0. The summed E-state index contributed by atoms with van der Waals surface area (Å²) in [6.45, 7) is 0.405. The first-order chi connectivity index (χ1) is 14.6. The zero-order valence-corrected chi connectivity index (χ0v) is 17.0. The molecule has 0 spiro atoms. The Labute approximate surface area is 178 Å². The van der Waals surface area contributed by atoms with Gasteiger partial charge in [-0.15, -0.1) is 0 Å². The minimum Gasteiger partial charge on any atom is -0.396 e. The summed E-state index contributed by atoms with van der Waals surface area (Å²) in [5, 5.41) is 80.3. The first kappa shape index (κ1) is 25.1. The van der Waals surface area contributed by atoms with E-state index in [2.05, 4.69) is 0 Å². The number of ether oxygens (including phenoxy) is 4. The molecule has 3 fully saturated rings. The van der Waals surface area contributed by atoms with Crippen LogP contribution in [0, 0.1) is 5.92 Å². The Morgan fingerprint density at radius 1 is 0.774 bits per heavy atom. The van der Waals surface area contributed by atoms with Gasteiger partial charge in [0, 0.05) is 18.6 Å². The summed E-state index contributed by atoms with van der Waals surface area (Å²) in [7, 11) is 0. The van der Waals surface area contributed by atoms with Gasteiger partial charge in [-0.25, -0.2) is 0 Å². The summed E-state index contributed by atoms with van der Waals surface area (Å²) in [5.41, 5.74) is 5.87. The van der Waals surface area contributed by atoms with Gasteiger partial charge in [-0.2, -0.15) is 0 Å². The van der Waals surface area contributed by atoms with E-state index in [1.807, 2.05) is 0 Å². The van der Waals surface area contributed by atoms with Crippen LogP contribution < -0.4 is 5.73 Å². The summed E-state index contributed by atoms with van der Waals surface area (Å²) < 4.78 is 22.0. The standard InChI is InChI=1S/C18H33NO12/c1-5-10(23)11(24)13(26)17(28-5)31-16-9(4-21)29-18(14(27)12(16)25)30-15-6(3-20)7(19)2-8(15)22/h5-18,20-27H,2-4,19H2,1H3/t5-,6+,7+,8-,9-,10-,11+,12-,13-,14-,15-,16-,17+,18-/m1/s1. The highest BCUT2D eigenvalue weighted by Crippen LogP contribution is 2.33. The van der Waals surface area contributed by atoms with Crippen molar-refractivity contribution < 1.29 is 59.8 Å². The smallest absolute Gasteiger partial charge is 0.187 e. The molecule has 0 unspecified atom stereocenters. The van der Waals surface area contributed by atoms with Crippen molar-refractivity contribution in [1.82, 2.24) is 0 Å². The third kappa shape index (κ3) is 4.89. The predicted molar refractivity (Wildman–Crippen MR) is 99.0 cm³/mol. The van der Waals surface area contributed by atoms with Crippen LogP contribution in [0.15, 0.2) is 0 Å². The molecule has 3 rings (SSSR count). The highest BCUT2D eigenvalue weighted by Gasteiger charge is 2.52. The van der Waals surface area contributed by atoms with Crippen molar-refractivity contribution in [2.75, 3.05) is 13.2 Å². The van der Waals surface area contributed by atoms with E-state index in [9.17, 15) is 40.9 Å². The van der Waals surface area contributed by atoms with Crippen molar-refractivity contribution in [3.63, 3.8) is 0 Å². The maximum Gasteiger partial charge on any atom is 0.187 e. The molecule has 182 valence electrons. The van der Waals surface area contributed by atoms with Crippen molar-refractivity contribution in [3.8, 4) is 0 Å². The first-order valence-corrected chi connectivity index (χ1v) is 10.3. The van der Waals surface area contributed by atoms with E-state index in [0.29, 0.717) is 0 Å². The fraction of sp³-hybridized carbons (Fsp3) is 1.00. The second kappa shape index (κ2) is 10.2. The van der Waals surface area contributed by atoms with Gasteiger partial charge in [0.15, 0.2) is 12.6 Å². The van der Waals surface area contributed by atoms with Gasteiger partial charge in [0.25, 0.3) is 0 Å². The number of aliphatic hydroxyl groups excluding tert-OH is 8. The molecule has 0 bridgehead atoms.